The van der Waals surface area contributed by atoms with Crippen molar-refractivity contribution in [3.63, 3.8) is 0 Å². The Bertz CT molecular complexity index is 838. The highest BCUT2D eigenvalue weighted by Crippen LogP contribution is 2.31. The van der Waals surface area contributed by atoms with Crippen LogP contribution in [0.5, 0.6) is 0 Å². The molecule has 0 fully saturated rings. The minimum Gasteiger partial charge on any atom is -0.484 e. The van der Waals surface area contributed by atoms with E-state index in [4.69, 9.17) is 9.57 Å². The molecule has 0 saturated carbocycles. The highest BCUT2D eigenvalue weighted by Gasteiger charge is 2.22. The summed E-state index contributed by atoms with van der Waals surface area (Å²) >= 11 is 0. The second-order valence-corrected chi connectivity index (χ2v) is 6.00. The molecule has 0 amide bonds. The third kappa shape index (κ3) is 4.18. The van der Waals surface area contributed by atoms with Gasteiger partial charge < -0.3 is 14.6 Å². The standard InChI is InChI=1S/C20H22N2O3/c1-3-16-11-18(14(2)22-20(16)23)19-10-9-17(25-19)12-21-24-13-15-7-5-4-6-8-15/h4-9,11-12,19H,3,10,13H2,1-2H3,(H,22,23)/b21-12+. The van der Waals surface area contributed by atoms with Gasteiger partial charge in [-0.1, -0.05) is 42.4 Å². The van der Waals surface area contributed by atoms with Gasteiger partial charge in [0, 0.05) is 23.2 Å². The molecule has 1 aliphatic rings. The van der Waals surface area contributed by atoms with Gasteiger partial charge in [0.1, 0.15) is 24.7 Å². The van der Waals surface area contributed by atoms with Gasteiger partial charge in [0.2, 0.25) is 0 Å². The Kier molecular flexibility index (Phi) is 5.33. The molecule has 2 aromatic rings. The van der Waals surface area contributed by atoms with Crippen LogP contribution in [0.3, 0.4) is 0 Å². The number of aromatic nitrogens is 1. The van der Waals surface area contributed by atoms with E-state index in [2.05, 4.69) is 10.1 Å². The molecule has 0 spiro atoms. The number of nitrogens with one attached hydrogen (secondary N) is 1. The number of aromatic amines is 1. The first-order chi connectivity index (χ1) is 12.2. The molecular formula is C20H22N2O3. The van der Waals surface area contributed by atoms with Gasteiger partial charge in [-0.3, -0.25) is 4.79 Å². The summed E-state index contributed by atoms with van der Waals surface area (Å²) in [5.74, 6) is 0.682. The quantitative estimate of drug-likeness (QED) is 0.644. The van der Waals surface area contributed by atoms with Crippen LogP contribution < -0.4 is 5.56 Å². The van der Waals surface area contributed by atoms with Crippen LogP contribution in [-0.2, 0) is 22.6 Å². The topological polar surface area (TPSA) is 63.7 Å². The van der Waals surface area contributed by atoms with E-state index in [1.165, 1.54) is 0 Å². The lowest BCUT2D eigenvalue weighted by Crippen LogP contribution is -2.16. The van der Waals surface area contributed by atoms with E-state index in [0.717, 1.165) is 28.8 Å². The zero-order valence-corrected chi connectivity index (χ0v) is 14.5. The van der Waals surface area contributed by atoms with Crippen molar-refractivity contribution in [2.45, 2.75) is 39.4 Å². The van der Waals surface area contributed by atoms with Crippen LogP contribution in [0.1, 0.15) is 41.8 Å². The zero-order valence-electron chi connectivity index (χ0n) is 14.5. The fourth-order valence-electron chi connectivity index (χ4n) is 2.81. The van der Waals surface area contributed by atoms with E-state index in [1.807, 2.05) is 56.3 Å². The molecule has 1 aromatic carbocycles. The van der Waals surface area contributed by atoms with Gasteiger partial charge in [0.25, 0.3) is 5.56 Å². The molecule has 3 rings (SSSR count). The molecule has 0 radical (unpaired) electrons. The second-order valence-electron chi connectivity index (χ2n) is 6.00. The van der Waals surface area contributed by atoms with E-state index in [-0.39, 0.29) is 11.7 Å². The van der Waals surface area contributed by atoms with Gasteiger partial charge in [-0.05, 0) is 31.1 Å². The van der Waals surface area contributed by atoms with Crippen molar-refractivity contribution in [3.05, 3.63) is 81.0 Å². The van der Waals surface area contributed by atoms with E-state index >= 15 is 0 Å². The molecular weight excluding hydrogens is 316 g/mol. The minimum absolute atomic E-state index is 0.0224. The Morgan fingerprint density at radius 2 is 2.16 bits per heavy atom. The summed E-state index contributed by atoms with van der Waals surface area (Å²) in [5, 5.41) is 3.97. The first-order valence-electron chi connectivity index (χ1n) is 8.46. The van der Waals surface area contributed by atoms with Crippen molar-refractivity contribution in [2.24, 2.45) is 5.16 Å². The van der Waals surface area contributed by atoms with E-state index in [9.17, 15) is 4.79 Å². The average molecular weight is 338 g/mol. The Morgan fingerprint density at radius 3 is 2.92 bits per heavy atom. The van der Waals surface area contributed by atoms with Crippen LogP contribution in [0.2, 0.25) is 0 Å². The SMILES string of the molecule is CCc1cc(C2CC=C(/C=N/OCc3ccccc3)O2)c(C)[nH]c1=O. The lowest BCUT2D eigenvalue weighted by atomic mass is 10.0. The normalized spacial score (nSPS) is 16.7. The predicted molar refractivity (Wildman–Crippen MR) is 97.4 cm³/mol. The number of benzene rings is 1. The summed E-state index contributed by atoms with van der Waals surface area (Å²) < 4.78 is 5.93. The first-order valence-corrected chi connectivity index (χ1v) is 8.46. The Balaban J connectivity index is 1.58. The fourth-order valence-corrected chi connectivity index (χ4v) is 2.81. The Morgan fingerprint density at radius 1 is 1.36 bits per heavy atom. The monoisotopic (exact) mass is 338 g/mol. The summed E-state index contributed by atoms with van der Waals surface area (Å²) in [7, 11) is 0. The predicted octanol–water partition coefficient (Wildman–Crippen LogP) is 3.79. The smallest absolute Gasteiger partial charge is 0.251 e. The number of pyridine rings is 1. The van der Waals surface area contributed by atoms with Gasteiger partial charge in [-0.25, -0.2) is 0 Å². The lowest BCUT2D eigenvalue weighted by Gasteiger charge is -2.15. The van der Waals surface area contributed by atoms with Gasteiger partial charge in [0.15, 0.2) is 0 Å². The van der Waals surface area contributed by atoms with Crippen molar-refractivity contribution >= 4 is 6.21 Å². The summed E-state index contributed by atoms with van der Waals surface area (Å²) in [6, 6.07) is 11.8. The van der Waals surface area contributed by atoms with E-state index in [1.54, 1.807) is 6.21 Å². The van der Waals surface area contributed by atoms with Crippen molar-refractivity contribution in [1.29, 1.82) is 0 Å². The number of H-pyrrole nitrogens is 1. The number of rotatable bonds is 6. The maximum absolute atomic E-state index is 11.8. The number of nitrogens with zero attached hydrogens (tertiary/aromatic N) is 1. The van der Waals surface area contributed by atoms with Crippen molar-refractivity contribution in [1.82, 2.24) is 4.98 Å². The minimum atomic E-state index is -0.0993. The highest BCUT2D eigenvalue weighted by atomic mass is 16.6. The number of hydrogen-bond acceptors (Lipinski definition) is 4. The van der Waals surface area contributed by atoms with Crippen LogP contribution >= 0.6 is 0 Å². The van der Waals surface area contributed by atoms with E-state index < -0.39 is 0 Å². The molecule has 2 heterocycles. The van der Waals surface area contributed by atoms with Crippen LogP contribution in [-0.4, -0.2) is 11.2 Å². The van der Waals surface area contributed by atoms with Crippen molar-refractivity contribution < 1.29 is 9.57 Å². The lowest BCUT2D eigenvalue weighted by molar-refractivity contribution is 0.127. The molecule has 5 heteroatoms. The van der Waals surface area contributed by atoms with Crippen LogP contribution in [0.25, 0.3) is 0 Å². The Hall–Kier alpha value is -2.82. The largest absolute Gasteiger partial charge is 0.484 e. The van der Waals surface area contributed by atoms with Gasteiger partial charge in [-0.2, -0.15) is 0 Å². The summed E-state index contributed by atoms with van der Waals surface area (Å²) in [5.41, 5.74) is 3.68. The van der Waals surface area contributed by atoms with Crippen LogP contribution in [0.15, 0.2) is 58.2 Å². The van der Waals surface area contributed by atoms with Crippen LogP contribution in [0.4, 0.5) is 0 Å². The van der Waals surface area contributed by atoms with Gasteiger partial charge in [0.05, 0.1) is 0 Å². The maximum Gasteiger partial charge on any atom is 0.251 e. The van der Waals surface area contributed by atoms with Gasteiger partial charge >= 0.3 is 0 Å². The number of ether oxygens (including phenoxy) is 1. The molecule has 0 saturated heterocycles. The second kappa shape index (κ2) is 7.83. The summed E-state index contributed by atoms with van der Waals surface area (Å²) in [4.78, 5) is 20.0. The third-order valence-electron chi connectivity index (χ3n) is 4.22. The first kappa shape index (κ1) is 17.0. The van der Waals surface area contributed by atoms with Gasteiger partial charge in [-0.15, -0.1) is 0 Å². The summed E-state index contributed by atoms with van der Waals surface area (Å²) in [6.07, 6.45) is 4.92. The fraction of sp³-hybridized carbons (Fsp3) is 0.300. The maximum atomic E-state index is 11.8. The van der Waals surface area contributed by atoms with Crippen LogP contribution in [0, 0.1) is 6.92 Å². The molecule has 0 aliphatic carbocycles. The number of aryl methyl sites for hydroxylation is 2. The summed E-state index contributed by atoms with van der Waals surface area (Å²) in [6.45, 7) is 4.29. The zero-order chi connectivity index (χ0) is 17.6. The molecule has 130 valence electrons. The number of allylic oxidation sites excluding steroid dienone is 1. The van der Waals surface area contributed by atoms with Crippen molar-refractivity contribution in [3.8, 4) is 0 Å². The molecule has 0 bridgehead atoms. The van der Waals surface area contributed by atoms with E-state index in [0.29, 0.717) is 18.8 Å². The average Bonchev–Trinajstić information content (AvgIpc) is 3.08. The Labute approximate surface area is 147 Å². The highest BCUT2D eigenvalue weighted by molar-refractivity contribution is 5.76. The molecule has 25 heavy (non-hydrogen) atoms. The third-order valence-corrected chi connectivity index (χ3v) is 4.22. The molecule has 1 aliphatic heterocycles. The molecule has 1 N–H and O–H groups in total. The molecule has 5 nitrogen and oxygen atoms in total. The number of oxime groups is 1. The molecule has 1 unspecified atom stereocenters. The van der Waals surface area contributed by atoms with Crippen molar-refractivity contribution in [2.75, 3.05) is 0 Å². The molecule has 1 aromatic heterocycles. The number of hydrogen-bond donors (Lipinski definition) is 1. The molecule has 1 atom stereocenters.